The van der Waals surface area contributed by atoms with Gasteiger partial charge in [-0.2, -0.15) is 0 Å². The van der Waals surface area contributed by atoms with E-state index in [2.05, 4.69) is 10.0 Å². The van der Waals surface area contributed by atoms with Crippen LogP contribution in [0, 0.1) is 11.8 Å². The summed E-state index contributed by atoms with van der Waals surface area (Å²) in [5.41, 5.74) is 1.08. The van der Waals surface area contributed by atoms with Crippen LogP contribution in [0.1, 0.15) is 44.1 Å². The van der Waals surface area contributed by atoms with E-state index in [1.54, 1.807) is 0 Å². The van der Waals surface area contributed by atoms with Gasteiger partial charge >= 0.3 is 0 Å². The molecule has 2 N–H and O–H groups in total. The summed E-state index contributed by atoms with van der Waals surface area (Å²) in [6.07, 6.45) is 7.24. The van der Waals surface area contributed by atoms with Crippen molar-refractivity contribution in [2.75, 3.05) is 0 Å². The first-order valence-electron chi connectivity index (χ1n) is 7.93. The fourth-order valence-corrected chi connectivity index (χ4v) is 6.33. The van der Waals surface area contributed by atoms with E-state index in [1.807, 2.05) is 11.4 Å². The number of rotatable bonds is 6. The van der Waals surface area contributed by atoms with E-state index in [0.29, 0.717) is 16.2 Å². The molecule has 3 saturated carbocycles. The highest BCUT2D eigenvalue weighted by Gasteiger charge is 2.41. The van der Waals surface area contributed by atoms with Crippen LogP contribution >= 0.6 is 11.3 Å². The van der Waals surface area contributed by atoms with Gasteiger partial charge < -0.3 is 5.32 Å². The Balaban J connectivity index is 1.41. The topological polar surface area (TPSA) is 58.2 Å². The summed E-state index contributed by atoms with van der Waals surface area (Å²) in [5, 5.41) is 5.39. The number of fused-ring (bicyclic) bond motifs is 2. The number of sulfonamides is 1. The molecule has 0 aliphatic heterocycles. The van der Waals surface area contributed by atoms with E-state index in [1.165, 1.54) is 43.4 Å². The molecule has 2 bridgehead atoms. The molecule has 21 heavy (non-hydrogen) atoms. The van der Waals surface area contributed by atoms with Crippen molar-refractivity contribution < 1.29 is 8.42 Å². The Hall–Kier alpha value is -0.430. The molecule has 3 fully saturated rings. The van der Waals surface area contributed by atoms with Crippen LogP contribution in [-0.2, 0) is 16.6 Å². The summed E-state index contributed by atoms with van der Waals surface area (Å²) in [7, 11) is -3.33. The lowest BCUT2D eigenvalue weighted by Gasteiger charge is -2.22. The Kier molecular flexibility index (Phi) is 3.60. The van der Waals surface area contributed by atoms with Gasteiger partial charge in [-0.3, -0.25) is 0 Å². The molecule has 4 rings (SSSR count). The first-order chi connectivity index (χ1) is 10.1. The van der Waals surface area contributed by atoms with E-state index < -0.39 is 10.0 Å². The van der Waals surface area contributed by atoms with E-state index in [9.17, 15) is 8.42 Å². The number of nitrogens with one attached hydrogen (secondary N) is 2. The summed E-state index contributed by atoms with van der Waals surface area (Å²) in [6, 6.07) is 2.65. The number of thiophene rings is 1. The molecule has 0 aromatic carbocycles. The minimum Gasteiger partial charge on any atom is -0.310 e. The number of hydrogen-bond donors (Lipinski definition) is 2. The molecule has 3 aliphatic rings. The molecule has 0 amide bonds. The zero-order valence-electron chi connectivity index (χ0n) is 12.0. The molecular formula is C15H22N2O2S2. The lowest BCUT2D eigenvalue weighted by molar-refractivity contribution is 0.390. The standard InChI is InChI=1S/C15H22N2O2S2/c18-21(19,17-14-6-10-1-2-12(14)5-10)15-7-11(9-20-15)8-16-13-3-4-13/h7,9-10,12-14,16-17H,1-6,8H2. The predicted octanol–water partition coefficient (Wildman–Crippen LogP) is 2.47. The Morgan fingerprint density at radius 2 is 2.05 bits per heavy atom. The third-order valence-electron chi connectivity index (χ3n) is 5.11. The van der Waals surface area contributed by atoms with Gasteiger partial charge in [-0.15, -0.1) is 11.3 Å². The predicted molar refractivity (Wildman–Crippen MR) is 83.7 cm³/mol. The van der Waals surface area contributed by atoms with Crippen molar-refractivity contribution in [2.45, 2.75) is 61.4 Å². The van der Waals surface area contributed by atoms with E-state index in [0.717, 1.165) is 24.4 Å². The fraction of sp³-hybridized carbons (Fsp3) is 0.733. The van der Waals surface area contributed by atoms with Crippen LogP contribution in [0.3, 0.4) is 0 Å². The summed E-state index contributed by atoms with van der Waals surface area (Å²) in [6.45, 7) is 0.783. The smallest absolute Gasteiger partial charge is 0.250 e. The maximum atomic E-state index is 12.5. The maximum Gasteiger partial charge on any atom is 0.250 e. The van der Waals surface area contributed by atoms with Crippen LogP contribution < -0.4 is 10.0 Å². The van der Waals surface area contributed by atoms with E-state index >= 15 is 0 Å². The maximum absolute atomic E-state index is 12.5. The van der Waals surface area contributed by atoms with Crippen molar-refractivity contribution in [3.8, 4) is 0 Å². The van der Waals surface area contributed by atoms with Crippen LogP contribution in [0.2, 0.25) is 0 Å². The minimum atomic E-state index is -3.33. The van der Waals surface area contributed by atoms with Crippen molar-refractivity contribution >= 4 is 21.4 Å². The molecule has 0 saturated heterocycles. The van der Waals surface area contributed by atoms with Gasteiger partial charge in [-0.25, -0.2) is 13.1 Å². The van der Waals surface area contributed by atoms with Crippen molar-refractivity contribution in [3.05, 3.63) is 17.0 Å². The van der Waals surface area contributed by atoms with Gasteiger partial charge in [0, 0.05) is 18.6 Å². The molecule has 3 atom stereocenters. The van der Waals surface area contributed by atoms with Gasteiger partial charge in [0.25, 0.3) is 0 Å². The van der Waals surface area contributed by atoms with Gasteiger partial charge in [-0.05, 0) is 60.9 Å². The largest absolute Gasteiger partial charge is 0.310 e. The highest BCUT2D eigenvalue weighted by molar-refractivity contribution is 7.91. The Bertz CT molecular complexity index is 621. The van der Waals surface area contributed by atoms with Crippen molar-refractivity contribution in [3.63, 3.8) is 0 Å². The normalized spacial score (nSPS) is 31.9. The van der Waals surface area contributed by atoms with Crippen LogP contribution in [-0.4, -0.2) is 20.5 Å². The van der Waals surface area contributed by atoms with Crippen molar-refractivity contribution in [1.29, 1.82) is 0 Å². The van der Waals surface area contributed by atoms with E-state index in [-0.39, 0.29) is 6.04 Å². The van der Waals surface area contributed by atoms with Crippen LogP contribution in [0.5, 0.6) is 0 Å². The van der Waals surface area contributed by atoms with Gasteiger partial charge in [0.2, 0.25) is 10.0 Å². The third kappa shape index (κ3) is 3.04. The average Bonchev–Trinajstić information content (AvgIpc) is 2.89. The molecule has 4 nitrogen and oxygen atoms in total. The molecule has 0 radical (unpaired) electrons. The summed E-state index contributed by atoms with van der Waals surface area (Å²) < 4.78 is 28.4. The molecule has 0 spiro atoms. The van der Waals surface area contributed by atoms with Crippen molar-refractivity contribution in [1.82, 2.24) is 10.0 Å². The molecule has 1 heterocycles. The molecule has 3 aliphatic carbocycles. The van der Waals surface area contributed by atoms with Crippen molar-refractivity contribution in [2.24, 2.45) is 11.8 Å². The Morgan fingerprint density at radius 1 is 1.19 bits per heavy atom. The summed E-state index contributed by atoms with van der Waals surface area (Å²) >= 11 is 1.34. The first-order valence-corrected chi connectivity index (χ1v) is 10.3. The first kappa shape index (κ1) is 14.2. The van der Waals surface area contributed by atoms with Gasteiger partial charge in [-0.1, -0.05) is 6.42 Å². The fourth-order valence-electron chi connectivity index (χ4n) is 3.78. The minimum absolute atomic E-state index is 0.170. The molecule has 1 aromatic rings. The molecule has 3 unspecified atom stereocenters. The lowest BCUT2D eigenvalue weighted by atomic mass is 9.96. The molecule has 6 heteroatoms. The summed E-state index contributed by atoms with van der Waals surface area (Å²) in [4.78, 5) is 0. The second kappa shape index (κ2) is 5.33. The zero-order valence-corrected chi connectivity index (χ0v) is 13.7. The summed E-state index contributed by atoms with van der Waals surface area (Å²) in [5.74, 6) is 1.32. The zero-order chi connectivity index (χ0) is 14.4. The lowest BCUT2D eigenvalue weighted by Crippen LogP contribution is -2.38. The van der Waals surface area contributed by atoms with Crippen LogP contribution in [0.25, 0.3) is 0 Å². The quantitative estimate of drug-likeness (QED) is 0.844. The van der Waals surface area contributed by atoms with Gasteiger partial charge in [0.05, 0.1) is 0 Å². The Labute approximate surface area is 130 Å². The van der Waals surface area contributed by atoms with Crippen LogP contribution in [0.4, 0.5) is 0 Å². The third-order valence-corrected chi connectivity index (χ3v) is 8.09. The highest BCUT2D eigenvalue weighted by Crippen LogP contribution is 2.45. The second-order valence-electron chi connectivity index (χ2n) is 6.83. The van der Waals surface area contributed by atoms with E-state index in [4.69, 9.17) is 0 Å². The molecule has 1 aromatic heterocycles. The average molecular weight is 326 g/mol. The SMILES string of the molecule is O=S(=O)(NC1CC2CCC1C2)c1cc(CNC2CC2)cs1. The van der Waals surface area contributed by atoms with Gasteiger partial charge in [0.15, 0.2) is 0 Å². The number of hydrogen-bond acceptors (Lipinski definition) is 4. The molecule has 116 valence electrons. The second-order valence-corrected chi connectivity index (χ2v) is 9.68. The molecular weight excluding hydrogens is 304 g/mol. The van der Waals surface area contributed by atoms with Gasteiger partial charge in [0.1, 0.15) is 4.21 Å². The highest BCUT2D eigenvalue weighted by atomic mass is 32.2. The van der Waals surface area contributed by atoms with Crippen LogP contribution in [0.15, 0.2) is 15.7 Å². The Morgan fingerprint density at radius 3 is 2.71 bits per heavy atom. The monoisotopic (exact) mass is 326 g/mol.